The predicted molar refractivity (Wildman–Crippen MR) is 150 cm³/mol. The number of hydrogen-bond acceptors (Lipinski definition) is 7. The number of ether oxygens (including phenoxy) is 2. The molecule has 0 bridgehead atoms. The van der Waals surface area contributed by atoms with E-state index in [2.05, 4.69) is 31.4 Å². The monoisotopic (exact) mass is 576 g/mol. The minimum atomic E-state index is -0.869. The average molecular weight is 577 g/mol. The highest BCUT2D eigenvalue weighted by atomic mass is 35.5. The van der Waals surface area contributed by atoms with Crippen LogP contribution in [0.2, 0.25) is 5.02 Å². The Kier molecular flexibility index (Phi) is 9.61. The summed E-state index contributed by atoms with van der Waals surface area (Å²) in [6.45, 7) is 8.53. The average Bonchev–Trinajstić information content (AvgIpc) is 3.51. The number of rotatable bonds is 8. The maximum Gasteiger partial charge on any atom is 0.310 e. The molecule has 1 aromatic rings. The number of benzene rings is 1. The van der Waals surface area contributed by atoms with Gasteiger partial charge in [0.1, 0.15) is 18.1 Å². The van der Waals surface area contributed by atoms with Crippen LogP contribution >= 0.6 is 11.6 Å². The van der Waals surface area contributed by atoms with E-state index in [1.807, 2.05) is 0 Å². The van der Waals surface area contributed by atoms with E-state index >= 15 is 0 Å². The standard InChI is InChI=1S/C29H41ClN4O6/c1-15(2)19-9-7-16(3)12-24(19)39-29-22(14-25(35)40-29)33-27(37)23-6-5-11-34(23)28(38)17(4)32-26(36)18-8-10-21(31)20(30)13-18/h8,10,13,15-17,19,22-24,29H,5-7,9,11-12,14,31H2,1-4H3,(H,32,36)(H,33,37)/t16-,17?,19+,22?,23?,24-,29-/m1/s1. The van der Waals surface area contributed by atoms with Crippen molar-refractivity contribution < 1.29 is 28.7 Å². The normalized spacial score (nSPS) is 29.2. The van der Waals surface area contributed by atoms with Crippen LogP contribution in [0.3, 0.4) is 0 Å². The number of anilines is 1. The molecule has 3 amide bonds. The fraction of sp³-hybridized carbons (Fsp3) is 0.655. The number of cyclic esters (lactones) is 1. The quantitative estimate of drug-likeness (QED) is 0.319. The second kappa shape index (κ2) is 12.8. The molecule has 0 spiro atoms. The van der Waals surface area contributed by atoms with Gasteiger partial charge in [-0.05, 0) is 68.6 Å². The number of carbonyl (C=O) groups excluding carboxylic acids is 4. The number of carbonyl (C=O) groups is 4. The van der Waals surface area contributed by atoms with Gasteiger partial charge in [0.25, 0.3) is 5.91 Å². The van der Waals surface area contributed by atoms with Crippen LogP contribution < -0.4 is 16.4 Å². The maximum absolute atomic E-state index is 13.4. The van der Waals surface area contributed by atoms with Gasteiger partial charge in [0.15, 0.2) is 0 Å². The van der Waals surface area contributed by atoms with Gasteiger partial charge in [-0.3, -0.25) is 19.2 Å². The van der Waals surface area contributed by atoms with Crippen LogP contribution in [0, 0.1) is 17.8 Å². The van der Waals surface area contributed by atoms with Crippen molar-refractivity contribution in [2.24, 2.45) is 17.8 Å². The number of esters is 1. The minimum absolute atomic E-state index is 0.0162. The fourth-order valence-corrected chi connectivity index (χ4v) is 6.24. The van der Waals surface area contributed by atoms with Crippen LogP contribution in [0.25, 0.3) is 0 Å². The number of nitrogen functional groups attached to an aromatic ring is 1. The van der Waals surface area contributed by atoms with E-state index in [4.69, 9.17) is 26.8 Å². The maximum atomic E-state index is 13.4. The van der Waals surface area contributed by atoms with Gasteiger partial charge in [-0.2, -0.15) is 0 Å². The molecule has 40 heavy (non-hydrogen) atoms. The first-order chi connectivity index (χ1) is 18.9. The zero-order chi connectivity index (χ0) is 29.1. The van der Waals surface area contributed by atoms with Crippen molar-refractivity contribution >= 4 is 41.0 Å². The largest absolute Gasteiger partial charge is 0.433 e. The Morgan fingerprint density at radius 2 is 1.93 bits per heavy atom. The molecular weight excluding hydrogens is 536 g/mol. The van der Waals surface area contributed by atoms with Gasteiger partial charge in [-0.15, -0.1) is 0 Å². The number of amides is 3. The first kappa shape index (κ1) is 30.1. The summed E-state index contributed by atoms with van der Waals surface area (Å²) in [6, 6.07) is 2.28. The first-order valence-electron chi connectivity index (χ1n) is 14.3. The summed E-state index contributed by atoms with van der Waals surface area (Å²) >= 11 is 6.02. The molecule has 1 aliphatic carbocycles. The lowest BCUT2D eigenvalue weighted by Crippen LogP contribution is -2.55. The molecule has 3 unspecified atom stereocenters. The summed E-state index contributed by atoms with van der Waals surface area (Å²) < 4.78 is 11.9. The lowest BCUT2D eigenvalue weighted by molar-refractivity contribution is -0.191. The fourth-order valence-electron chi connectivity index (χ4n) is 6.06. The van der Waals surface area contributed by atoms with E-state index in [1.54, 1.807) is 6.92 Å². The molecule has 0 radical (unpaired) electrons. The second-order valence-electron chi connectivity index (χ2n) is 11.8. The van der Waals surface area contributed by atoms with Gasteiger partial charge in [0.05, 0.1) is 23.2 Å². The molecule has 220 valence electrons. The molecule has 7 atom stereocenters. The highest BCUT2D eigenvalue weighted by molar-refractivity contribution is 6.33. The minimum Gasteiger partial charge on any atom is -0.433 e. The van der Waals surface area contributed by atoms with Crippen molar-refractivity contribution in [3.8, 4) is 0 Å². The number of nitrogens with one attached hydrogen (secondary N) is 2. The Labute approximate surface area is 240 Å². The second-order valence-corrected chi connectivity index (χ2v) is 12.2. The first-order valence-corrected chi connectivity index (χ1v) is 14.6. The molecule has 10 nitrogen and oxygen atoms in total. The third kappa shape index (κ3) is 6.89. The molecule has 4 N–H and O–H groups in total. The molecule has 1 aromatic carbocycles. The van der Waals surface area contributed by atoms with Gasteiger partial charge < -0.3 is 30.7 Å². The van der Waals surface area contributed by atoms with Crippen LogP contribution in [0.1, 0.15) is 76.6 Å². The van der Waals surface area contributed by atoms with Crippen molar-refractivity contribution in [2.75, 3.05) is 12.3 Å². The molecule has 2 saturated heterocycles. The van der Waals surface area contributed by atoms with Gasteiger partial charge in [0.2, 0.25) is 18.1 Å². The molecule has 11 heteroatoms. The highest BCUT2D eigenvalue weighted by Crippen LogP contribution is 2.37. The zero-order valence-electron chi connectivity index (χ0n) is 23.7. The highest BCUT2D eigenvalue weighted by Gasteiger charge is 2.44. The number of likely N-dealkylation sites (tertiary alicyclic amines) is 1. The Bertz CT molecular complexity index is 1130. The Morgan fingerprint density at radius 3 is 2.62 bits per heavy atom. The van der Waals surface area contributed by atoms with E-state index in [0.29, 0.717) is 42.8 Å². The Balaban J connectivity index is 1.37. The lowest BCUT2D eigenvalue weighted by atomic mass is 9.75. The van der Waals surface area contributed by atoms with Crippen LogP contribution in [0.15, 0.2) is 18.2 Å². The predicted octanol–water partition coefficient (Wildman–Crippen LogP) is 3.27. The van der Waals surface area contributed by atoms with Gasteiger partial charge in [-0.25, -0.2) is 0 Å². The number of hydrogen-bond donors (Lipinski definition) is 3. The van der Waals surface area contributed by atoms with Crippen molar-refractivity contribution in [3.63, 3.8) is 0 Å². The van der Waals surface area contributed by atoms with Crippen molar-refractivity contribution in [1.82, 2.24) is 15.5 Å². The van der Waals surface area contributed by atoms with E-state index in [9.17, 15) is 19.2 Å². The van der Waals surface area contributed by atoms with Crippen LogP contribution in [0.4, 0.5) is 5.69 Å². The summed E-state index contributed by atoms with van der Waals surface area (Å²) in [5.74, 6) is -0.308. The SMILES string of the molecule is CC(NC(=O)c1ccc(N)c(Cl)c1)C(=O)N1CCCC1C(=O)NC1CC(=O)O[C@H]1O[C@@H]1C[C@H](C)CC[C@H]1C(C)C. The summed E-state index contributed by atoms with van der Waals surface area (Å²) in [5, 5.41) is 5.86. The van der Waals surface area contributed by atoms with Crippen molar-refractivity contribution in [1.29, 1.82) is 0 Å². The lowest BCUT2D eigenvalue weighted by Gasteiger charge is -2.39. The third-order valence-electron chi connectivity index (χ3n) is 8.38. The topological polar surface area (TPSA) is 140 Å². The number of nitrogens with zero attached hydrogens (tertiary/aromatic N) is 1. The molecule has 2 aliphatic heterocycles. The summed E-state index contributed by atoms with van der Waals surface area (Å²) in [7, 11) is 0. The molecule has 2 heterocycles. The van der Waals surface area contributed by atoms with Crippen LogP contribution in [-0.2, 0) is 23.9 Å². The Morgan fingerprint density at radius 1 is 1.18 bits per heavy atom. The van der Waals surface area contributed by atoms with Crippen molar-refractivity contribution in [3.05, 3.63) is 28.8 Å². The van der Waals surface area contributed by atoms with E-state index in [0.717, 1.165) is 19.3 Å². The summed E-state index contributed by atoms with van der Waals surface area (Å²) in [5.41, 5.74) is 6.34. The van der Waals surface area contributed by atoms with Gasteiger partial charge in [0, 0.05) is 12.1 Å². The van der Waals surface area contributed by atoms with E-state index in [1.165, 1.54) is 23.1 Å². The molecular formula is C29H41ClN4O6. The van der Waals surface area contributed by atoms with Gasteiger partial charge in [-0.1, -0.05) is 38.8 Å². The molecule has 3 aliphatic rings. The van der Waals surface area contributed by atoms with Crippen LogP contribution in [-0.4, -0.2) is 65.7 Å². The van der Waals surface area contributed by atoms with Crippen LogP contribution in [0.5, 0.6) is 0 Å². The summed E-state index contributed by atoms with van der Waals surface area (Å²) in [6.07, 6.45) is 3.32. The molecule has 3 fully saturated rings. The molecule has 4 rings (SSSR count). The number of nitrogens with two attached hydrogens (primary N) is 1. The molecule has 1 saturated carbocycles. The molecule has 0 aromatic heterocycles. The zero-order valence-corrected chi connectivity index (χ0v) is 24.4. The summed E-state index contributed by atoms with van der Waals surface area (Å²) in [4.78, 5) is 53.1. The van der Waals surface area contributed by atoms with Crippen molar-refractivity contribution in [2.45, 2.75) is 96.7 Å². The number of halogens is 1. The third-order valence-corrected chi connectivity index (χ3v) is 8.71. The smallest absolute Gasteiger partial charge is 0.310 e. The van der Waals surface area contributed by atoms with E-state index < -0.39 is 36.3 Å². The van der Waals surface area contributed by atoms with E-state index in [-0.39, 0.29) is 34.9 Å². The van der Waals surface area contributed by atoms with Gasteiger partial charge >= 0.3 is 5.97 Å². The Hall–Kier alpha value is -2.85.